The predicted molar refractivity (Wildman–Crippen MR) is 60.3 cm³/mol. The molecule has 1 saturated carbocycles. The van der Waals surface area contributed by atoms with E-state index in [1.54, 1.807) is 0 Å². The Morgan fingerprint density at radius 1 is 1.29 bits per heavy atom. The molecule has 0 spiro atoms. The molecule has 0 aliphatic heterocycles. The minimum atomic E-state index is 0.258. The molecule has 2 nitrogen and oxygen atoms in total. The molecule has 1 aliphatic rings. The van der Waals surface area contributed by atoms with E-state index >= 15 is 0 Å². The molecular formula is C12H25NO. The van der Waals surface area contributed by atoms with Gasteiger partial charge in [0.15, 0.2) is 0 Å². The maximum atomic E-state index is 8.97. The third-order valence-corrected chi connectivity index (χ3v) is 3.46. The smallest absolute Gasteiger partial charge is 0.0582 e. The first-order chi connectivity index (χ1) is 6.76. The van der Waals surface area contributed by atoms with Crippen LogP contribution in [0.25, 0.3) is 0 Å². The molecule has 0 radical (unpaired) electrons. The Bertz CT molecular complexity index is 149. The Balaban J connectivity index is 2.27. The van der Waals surface area contributed by atoms with Crippen molar-refractivity contribution >= 4 is 0 Å². The number of nitrogens with one attached hydrogen (secondary N) is 1. The molecule has 84 valence electrons. The molecule has 1 fully saturated rings. The van der Waals surface area contributed by atoms with Crippen LogP contribution < -0.4 is 5.32 Å². The fourth-order valence-corrected chi connectivity index (χ4v) is 2.41. The summed E-state index contributed by atoms with van der Waals surface area (Å²) in [5, 5.41) is 12.5. The molecule has 0 aromatic rings. The average Bonchev–Trinajstić information content (AvgIpc) is 2.43. The SMILES string of the molecule is CCC1CCCC(N[C@H](C)CO)CC1. The summed E-state index contributed by atoms with van der Waals surface area (Å²) in [6.45, 7) is 4.62. The van der Waals surface area contributed by atoms with Gasteiger partial charge in [0.05, 0.1) is 6.61 Å². The van der Waals surface area contributed by atoms with Gasteiger partial charge in [-0.05, 0) is 32.1 Å². The molecule has 1 rings (SSSR count). The van der Waals surface area contributed by atoms with Crippen molar-refractivity contribution in [2.45, 2.75) is 64.5 Å². The average molecular weight is 199 g/mol. The zero-order valence-electron chi connectivity index (χ0n) is 9.63. The molecule has 0 aromatic carbocycles. The summed E-state index contributed by atoms with van der Waals surface area (Å²) in [4.78, 5) is 0. The van der Waals surface area contributed by atoms with Gasteiger partial charge in [-0.1, -0.05) is 26.2 Å². The zero-order valence-corrected chi connectivity index (χ0v) is 9.63. The van der Waals surface area contributed by atoms with Crippen molar-refractivity contribution < 1.29 is 5.11 Å². The van der Waals surface area contributed by atoms with Crippen molar-refractivity contribution in [3.8, 4) is 0 Å². The second kappa shape index (κ2) is 6.41. The maximum Gasteiger partial charge on any atom is 0.0582 e. The first-order valence-corrected chi connectivity index (χ1v) is 6.13. The van der Waals surface area contributed by atoms with Crippen LogP contribution in [0.1, 0.15) is 52.4 Å². The summed E-state index contributed by atoms with van der Waals surface area (Å²) in [5.41, 5.74) is 0. The van der Waals surface area contributed by atoms with Gasteiger partial charge in [-0.25, -0.2) is 0 Å². The Kier molecular flexibility index (Phi) is 5.49. The van der Waals surface area contributed by atoms with Crippen LogP contribution in [-0.2, 0) is 0 Å². The third kappa shape index (κ3) is 3.97. The van der Waals surface area contributed by atoms with Gasteiger partial charge in [0.25, 0.3) is 0 Å². The lowest BCUT2D eigenvalue weighted by atomic mass is 9.98. The standard InChI is InChI=1S/C12H25NO/c1-3-11-5-4-6-12(8-7-11)13-10(2)9-14/h10-14H,3-9H2,1-2H3/t10-,11?,12?/m1/s1. The van der Waals surface area contributed by atoms with Crippen molar-refractivity contribution in [3.05, 3.63) is 0 Å². The van der Waals surface area contributed by atoms with Gasteiger partial charge < -0.3 is 10.4 Å². The van der Waals surface area contributed by atoms with Gasteiger partial charge in [-0.2, -0.15) is 0 Å². The summed E-state index contributed by atoms with van der Waals surface area (Å²) in [6, 6.07) is 0.909. The lowest BCUT2D eigenvalue weighted by Gasteiger charge is -2.20. The van der Waals surface area contributed by atoms with E-state index in [9.17, 15) is 0 Å². The second-order valence-corrected chi connectivity index (χ2v) is 4.73. The molecule has 0 bridgehead atoms. The lowest BCUT2D eigenvalue weighted by Crippen LogP contribution is -2.38. The molecule has 0 aromatic heterocycles. The van der Waals surface area contributed by atoms with Gasteiger partial charge >= 0.3 is 0 Å². The summed E-state index contributed by atoms with van der Waals surface area (Å²) in [5.74, 6) is 0.950. The number of rotatable bonds is 4. The summed E-state index contributed by atoms with van der Waals surface area (Å²) in [7, 11) is 0. The van der Waals surface area contributed by atoms with Gasteiger partial charge in [-0.3, -0.25) is 0 Å². The van der Waals surface area contributed by atoms with Crippen molar-refractivity contribution in [2.75, 3.05) is 6.61 Å². The Hall–Kier alpha value is -0.0800. The Morgan fingerprint density at radius 3 is 2.71 bits per heavy atom. The van der Waals surface area contributed by atoms with Crippen molar-refractivity contribution in [3.63, 3.8) is 0 Å². The predicted octanol–water partition coefficient (Wildman–Crippen LogP) is 2.32. The van der Waals surface area contributed by atoms with Gasteiger partial charge in [0.1, 0.15) is 0 Å². The fourth-order valence-electron chi connectivity index (χ4n) is 2.41. The fraction of sp³-hybridized carbons (Fsp3) is 1.00. The van der Waals surface area contributed by atoms with Crippen molar-refractivity contribution in [1.29, 1.82) is 0 Å². The molecule has 0 heterocycles. The normalized spacial score (nSPS) is 31.1. The quantitative estimate of drug-likeness (QED) is 0.681. The van der Waals surface area contributed by atoms with Crippen molar-refractivity contribution in [2.24, 2.45) is 5.92 Å². The highest BCUT2D eigenvalue weighted by Crippen LogP contribution is 2.25. The van der Waals surface area contributed by atoms with Crippen LogP contribution in [-0.4, -0.2) is 23.8 Å². The Labute approximate surface area is 88.1 Å². The van der Waals surface area contributed by atoms with Crippen LogP contribution in [0.4, 0.5) is 0 Å². The summed E-state index contributed by atoms with van der Waals surface area (Å²) < 4.78 is 0. The third-order valence-electron chi connectivity index (χ3n) is 3.46. The van der Waals surface area contributed by atoms with Crippen LogP contribution in [0.3, 0.4) is 0 Å². The van der Waals surface area contributed by atoms with Gasteiger partial charge in [0, 0.05) is 12.1 Å². The van der Waals surface area contributed by atoms with E-state index in [2.05, 4.69) is 19.2 Å². The minimum Gasteiger partial charge on any atom is -0.395 e. The second-order valence-electron chi connectivity index (χ2n) is 4.73. The van der Waals surface area contributed by atoms with Crippen LogP contribution in [0, 0.1) is 5.92 Å². The summed E-state index contributed by atoms with van der Waals surface area (Å²) in [6.07, 6.45) is 8.05. The van der Waals surface area contributed by atoms with Crippen LogP contribution >= 0.6 is 0 Å². The number of aliphatic hydroxyl groups is 1. The van der Waals surface area contributed by atoms with Gasteiger partial charge in [0.2, 0.25) is 0 Å². The van der Waals surface area contributed by atoms with Crippen molar-refractivity contribution in [1.82, 2.24) is 5.32 Å². The first-order valence-electron chi connectivity index (χ1n) is 6.13. The Morgan fingerprint density at radius 2 is 2.07 bits per heavy atom. The highest BCUT2D eigenvalue weighted by atomic mass is 16.3. The molecule has 0 saturated heterocycles. The molecule has 1 aliphatic carbocycles. The topological polar surface area (TPSA) is 32.3 Å². The molecule has 2 N–H and O–H groups in total. The van der Waals surface area contributed by atoms with E-state index in [4.69, 9.17) is 5.11 Å². The molecule has 0 amide bonds. The highest BCUT2D eigenvalue weighted by Gasteiger charge is 2.18. The molecule has 2 unspecified atom stereocenters. The number of hydrogen-bond donors (Lipinski definition) is 2. The van der Waals surface area contributed by atoms with Gasteiger partial charge in [-0.15, -0.1) is 0 Å². The molecular weight excluding hydrogens is 174 g/mol. The van der Waals surface area contributed by atoms with Crippen LogP contribution in [0.2, 0.25) is 0 Å². The van der Waals surface area contributed by atoms with E-state index in [0.717, 1.165) is 5.92 Å². The maximum absolute atomic E-state index is 8.97. The van der Waals surface area contributed by atoms with E-state index in [0.29, 0.717) is 6.04 Å². The molecule has 3 atom stereocenters. The lowest BCUT2D eigenvalue weighted by molar-refractivity contribution is 0.235. The minimum absolute atomic E-state index is 0.258. The highest BCUT2D eigenvalue weighted by molar-refractivity contribution is 4.76. The van der Waals surface area contributed by atoms with E-state index in [1.165, 1.54) is 38.5 Å². The van der Waals surface area contributed by atoms with Crippen LogP contribution in [0.5, 0.6) is 0 Å². The first kappa shape index (κ1) is 12.0. The number of hydrogen-bond acceptors (Lipinski definition) is 2. The zero-order chi connectivity index (χ0) is 10.4. The monoisotopic (exact) mass is 199 g/mol. The molecule has 2 heteroatoms. The van der Waals surface area contributed by atoms with E-state index in [-0.39, 0.29) is 12.6 Å². The van der Waals surface area contributed by atoms with E-state index < -0.39 is 0 Å². The number of aliphatic hydroxyl groups excluding tert-OH is 1. The molecule has 14 heavy (non-hydrogen) atoms. The van der Waals surface area contributed by atoms with E-state index in [1.807, 2.05) is 0 Å². The summed E-state index contributed by atoms with van der Waals surface area (Å²) >= 11 is 0. The van der Waals surface area contributed by atoms with Crippen LogP contribution in [0.15, 0.2) is 0 Å². The largest absolute Gasteiger partial charge is 0.395 e.